The van der Waals surface area contributed by atoms with Gasteiger partial charge in [-0.15, -0.1) is 0 Å². The van der Waals surface area contributed by atoms with Gasteiger partial charge in [0.15, 0.2) is 0 Å². The van der Waals surface area contributed by atoms with E-state index in [-0.39, 0.29) is 5.84 Å². The molecule has 0 radical (unpaired) electrons. The maximum atomic E-state index is 7.31. The number of amidine groups is 1. The molecule has 1 aliphatic rings. The Labute approximate surface area is 95.3 Å². The first-order valence-corrected chi connectivity index (χ1v) is 5.69. The number of pyridine rings is 1. The van der Waals surface area contributed by atoms with Crippen molar-refractivity contribution in [3.8, 4) is 5.88 Å². The van der Waals surface area contributed by atoms with Crippen LogP contribution in [0, 0.1) is 11.3 Å². The third-order valence-corrected chi connectivity index (χ3v) is 3.05. The fourth-order valence-electron chi connectivity index (χ4n) is 1.77. The van der Waals surface area contributed by atoms with Crippen LogP contribution >= 0.6 is 0 Å². The molecule has 1 aliphatic carbocycles. The normalized spacial score (nSPS) is 15.5. The first-order valence-electron chi connectivity index (χ1n) is 5.69. The lowest BCUT2D eigenvalue weighted by atomic mass is 9.83. The highest BCUT2D eigenvalue weighted by atomic mass is 16.5. The fraction of sp³-hybridized carbons (Fsp3) is 0.500. The maximum Gasteiger partial charge on any atom is 0.213 e. The molecule has 1 fully saturated rings. The zero-order valence-electron chi connectivity index (χ0n) is 9.28. The summed E-state index contributed by atoms with van der Waals surface area (Å²) in [5.41, 5.74) is 6.05. The summed E-state index contributed by atoms with van der Waals surface area (Å²) in [5.74, 6) is 1.45. The van der Waals surface area contributed by atoms with Gasteiger partial charge in [0.25, 0.3) is 0 Å². The van der Waals surface area contributed by atoms with Crippen LogP contribution in [0.15, 0.2) is 18.3 Å². The van der Waals surface area contributed by atoms with Gasteiger partial charge in [0.2, 0.25) is 5.88 Å². The summed E-state index contributed by atoms with van der Waals surface area (Å²) in [6.45, 7) is 0.707. The Morgan fingerprint density at radius 1 is 1.56 bits per heavy atom. The number of aromatic nitrogens is 1. The highest BCUT2D eigenvalue weighted by Crippen LogP contribution is 2.29. The Bertz CT molecular complexity index is 374. The summed E-state index contributed by atoms with van der Waals surface area (Å²) < 4.78 is 5.54. The van der Waals surface area contributed by atoms with Crippen LogP contribution in [0.1, 0.15) is 31.2 Å². The number of nitrogens with zero attached hydrogens (tertiary/aromatic N) is 1. The number of nitrogens with one attached hydrogen (secondary N) is 1. The number of hydrogen-bond donors (Lipinski definition) is 2. The second-order valence-electron chi connectivity index (χ2n) is 4.23. The molecular formula is C12H17N3O. The zero-order valence-corrected chi connectivity index (χ0v) is 9.28. The average molecular weight is 219 g/mol. The van der Waals surface area contributed by atoms with Crippen molar-refractivity contribution in [1.29, 1.82) is 5.41 Å². The molecule has 0 atom stereocenters. The van der Waals surface area contributed by atoms with Crippen LogP contribution in [0.4, 0.5) is 0 Å². The minimum Gasteiger partial charge on any atom is -0.478 e. The van der Waals surface area contributed by atoms with E-state index in [1.807, 2.05) is 0 Å². The molecule has 4 nitrogen and oxygen atoms in total. The Kier molecular flexibility index (Phi) is 3.39. The highest BCUT2D eigenvalue weighted by molar-refractivity contribution is 5.95. The van der Waals surface area contributed by atoms with Crippen LogP contribution in [-0.4, -0.2) is 17.4 Å². The van der Waals surface area contributed by atoms with Crippen LogP contribution in [0.2, 0.25) is 0 Å². The molecule has 3 N–H and O–H groups in total. The minimum atomic E-state index is 0.0474. The summed E-state index contributed by atoms with van der Waals surface area (Å²) >= 11 is 0. The fourth-order valence-corrected chi connectivity index (χ4v) is 1.77. The summed E-state index contributed by atoms with van der Waals surface area (Å²) in [7, 11) is 0. The predicted octanol–water partition coefficient (Wildman–Crippen LogP) is 1.93. The van der Waals surface area contributed by atoms with Crippen molar-refractivity contribution in [1.82, 2.24) is 4.98 Å². The Morgan fingerprint density at radius 3 is 3.00 bits per heavy atom. The van der Waals surface area contributed by atoms with E-state index in [9.17, 15) is 0 Å². The lowest BCUT2D eigenvalue weighted by Crippen LogP contribution is -2.15. The van der Waals surface area contributed by atoms with E-state index >= 15 is 0 Å². The van der Waals surface area contributed by atoms with Gasteiger partial charge >= 0.3 is 0 Å². The van der Waals surface area contributed by atoms with Crippen molar-refractivity contribution in [3.63, 3.8) is 0 Å². The smallest absolute Gasteiger partial charge is 0.213 e. The van der Waals surface area contributed by atoms with Crippen molar-refractivity contribution < 1.29 is 4.74 Å². The second-order valence-corrected chi connectivity index (χ2v) is 4.23. The Balaban J connectivity index is 1.83. The van der Waals surface area contributed by atoms with E-state index in [2.05, 4.69) is 4.98 Å². The van der Waals surface area contributed by atoms with Crippen LogP contribution in [0.5, 0.6) is 5.88 Å². The van der Waals surface area contributed by atoms with E-state index in [1.54, 1.807) is 18.3 Å². The van der Waals surface area contributed by atoms with E-state index in [0.29, 0.717) is 18.1 Å². The molecule has 16 heavy (non-hydrogen) atoms. The van der Waals surface area contributed by atoms with E-state index in [1.165, 1.54) is 19.3 Å². The zero-order chi connectivity index (χ0) is 11.4. The first kappa shape index (κ1) is 10.9. The third-order valence-electron chi connectivity index (χ3n) is 3.05. The highest BCUT2D eigenvalue weighted by Gasteiger charge is 2.16. The lowest BCUT2D eigenvalue weighted by molar-refractivity contribution is 0.217. The number of ether oxygens (including phenoxy) is 1. The SMILES string of the molecule is N=C(N)c1ccnc(OCCC2CCC2)c1. The van der Waals surface area contributed by atoms with Gasteiger partial charge in [-0.3, -0.25) is 5.41 Å². The number of rotatable bonds is 5. The standard InChI is InChI=1S/C12H17N3O/c13-12(14)10-4-6-15-11(8-10)16-7-5-9-2-1-3-9/h4,6,8-9H,1-3,5,7H2,(H3,13,14). The molecule has 86 valence electrons. The van der Waals surface area contributed by atoms with Gasteiger partial charge in [-0.1, -0.05) is 19.3 Å². The molecule has 4 heteroatoms. The van der Waals surface area contributed by atoms with Crippen LogP contribution in [0.25, 0.3) is 0 Å². The minimum absolute atomic E-state index is 0.0474. The quantitative estimate of drug-likeness (QED) is 0.587. The molecule has 0 spiro atoms. The topological polar surface area (TPSA) is 72.0 Å². The molecule has 0 bridgehead atoms. The largest absolute Gasteiger partial charge is 0.478 e. The van der Waals surface area contributed by atoms with Gasteiger partial charge in [0.1, 0.15) is 5.84 Å². The van der Waals surface area contributed by atoms with Crippen molar-refractivity contribution in [2.45, 2.75) is 25.7 Å². The summed E-state index contributed by atoms with van der Waals surface area (Å²) in [6.07, 6.45) is 6.76. The monoisotopic (exact) mass is 219 g/mol. The van der Waals surface area contributed by atoms with Gasteiger partial charge < -0.3 is 10.5 Å². The molecule has 1 saturated carbocycles. The van der Waals surface area contributed by atoms with Crippen LogP contribution < -0.4 is 10.5 Å². The average Bonchev–Trinajstić information content (AvgIpc) is 2.22. The van der Waals surface area contributed by atoms with Gasteiger partial charge in [-0.05, 0) is 18.4 Å². The molecule has 1 aromatic heterocycles. The summed E-state index contributed by atoms with van der Waals surface area (Å²) in [4.78, 5) is 4.09. The summed E-state index contributed by atoms with van der Waals surface area (Å²) in [6, 6.07) is 3.42. The van der Waals surface area contributed by atoms with Gasteiger partial charge in [-0.25, -0.2) is 4.98 Å². The molecule has 2 rings (SSSR count). The first-order chi connectivity index (χ1) is 7.75. The predicted molar refractivity (Wildman–Crippen MR) is 62.7 cm³/mol. The van der Waals surface area contributed by atoms with Gasteiger partial charge in [0.05, 0.1) is 6.61 Å². The molecule has 0 saturated heterocycles. The lowest BCUT2D eigenvalue weighted by Gasteiger charge is -2.24. The maximum absolute atomic E-state index is 7.31. The molecule has 1 aromatic rings. The Hall–Kier alpha value is -1.58. The van der Waals surface area contributed by atoms with Crippen molar-refractivity contribution in [3.05, 3.63) is 23.9 Å². The van der Waals surface area contributed by atoms with Crippen molar-refractivity contribution in [2.75, 3.05) is 6.61 Å². The van der Waals surface area contributed by atoms with E-state index in [4.69, 9.17) is 15.9 Å². The Morgan fingerprint density at radius 2 is 2.38 bits per heavy atom. The third kappa shape index (κ3) is 2.72. The molecular weight excluding hydrogens is 202 g/mol. The van der Waals surface area contributed by atoms with Gasteiger partial charge in [0, 0.05) is 17.8 Å². The molecule has 0 unspecified atom stereocenters. The van der Waals surface area contributed by atoms with Gasteiger partial charge in [-0.2, -0.15) is 0 Å². The van der Waals surface area contributed by atoms with Crippen LogP contribution in [-0.2, 0) is 0 Å². The number of nitrogen functional groups attached to an aromatic ring is 1. The van der Waals surface area contributed by atoms with E-state index < -0.39 is 0 Å². The molecule has 0 amide bonds. The summed E-state index contributed by atoms with van der Waals surface area (Å²) in [5, 5.41) is 7.31. The number of nitrogens with two attached hydrogens (primary N) is 1. The molecule has 0 aromatic carbocycles. The van der Waals surface area contributed by atoms with Crippen LogP contribution in [0.3, 0.4) is 0 Å². The van der Waals surface area contributed by atoms with Crippen molar-refractivity contribution in [2.24, 2.45) is 11.7 Å². The van der Waals surface area contributed by atoms with Crippen molar-refractivity contribution >= 4 is 5.84 Å². The number of hydrogen-bond acceptors (Lipinski definition) is 3. The second kappa shape index (κ2) is 4.96. The van der Waals surface area contributed by atoms with E-state index in [0.717, 1.165) is 12.3 Å². The molecule has 1 heterocycles. The molecule has 0 aliphatic heterocycles.